The number of aromatic nitrogens is 3. The summed E-state index contributed by atoms with van der Waals surface area (Å²) in [6.45, 7) is 0. The van der Waals surface area contributed by atoms with E-state index < -0.39 is 5.82 Å². The van der Waals surface area contributed by atoms with Gasteiger partial charge < -0.3 is 15.2 Å². The lowest BCUT2D eigenvalue weighted by atomic mass is 10.2. The predicted molar refractivity (Wildman–Crippen MR) is 87.6 cm³/mol. The minimum absolute atomic E-state index is 0.0564. The first-order chi connectivity index (χ1) is 11.0. The van der Waals surface area contributed by atoms with E-state index in [1.165, 1.54) is 24.4 Å². The molecule has 0 spiro atoms. The summed E-state index contributed by atoms with van der Waals surface area (Å²) in [6.07, 6.45) is 1.51. The van der Waals surface area contributed by atoms with Crippen LogP contribution in [-0.2, 0) is 0 Å². The number of H-pyrrole nitrogens is 1. The number of pyridine rings is 1. The SMILES string of the molecule is CN(C)c1nc2nccc(C(=O)Nc3ccc(F)c(Cl)c3)c2[nH]1. The molecule has 8 heteroatoms. The van der Waals surface area contributed by atoms with Crippen LogP contribution in [0.4, 0.5) is 16.0 Å². The second-order valence-electron chi connectivity index (χ2n) is 5.09. The Morgan fingerprint density at radius 2 is 2.13 bits per heavy atom. The van der Waals surface area contributed by atoms with Crippen LogP contribution in [0.5, 0.6) is 0 Å². The van der Waals surface area contributed by atoms with E-state index in [9.17, 15) is 9.18 Å². The molecule has 0 aliphatic rings. The van der Waals surface area contributed by atoms with Crippen LogP contribution >= 0.6 is 11.6 Å². The minimum Gasteiger partial charge on any atom is -0.348 e. The first kappa shape index (κ1) is 15.2. The Kier molecular flexibility index (Phi) is 3.87. The van der Waals surface area contributed by atoms with Crippen molar-refractivity contribution in [3.05, 3.63) is 46.9 Å². The zero-order valence-corrected chi connectivity index (χ0v) is 13.1. The van der Waals surface area contributed by atoms with Crippen molar-refractivity contribution in [1.82, 2.24) is 15.0 Å². The van der Waals surface area contributed by atoms with E-state index in [-0.39, 0.29) is 10.9 Å². The zero-order chi connectivity index (χ0) is 16.6. The van der Waals surface area contributed by atoms with Crippen molar-refractivity contribution in [2.75, 3.05) is 24.3 Å². The molecule has 0 radical (unpaired) electrons. The third-order valence-corrected chi connectivity index (χ3v) is 3.51. The van der Waals surface area contributed by atoms with Crippen molar-refractivity contribution in [3.63, 3.8) is 0 Å². The van der Waals surface area contributed by atoms with Gasteiger partial charge in [-0.25, -0.2) is 9.37 Å². The van der Waals surface area contributed by atoms with E-state index in [0.717, 1.165) is 0 Å². The highest BCUT2D eigenvalue weighted by Gasteiger charge is 2.15. The number of fused-ring (bicyclic) bond motifs is 1. The highest BCUT2D eigenvalue weighted by Crippen LogP contribution is 2.22. The van der Waals surface area contributed by atoms with Crippen LogP contribution in [0.25, 0.3) is 11.2 Å². The number of amides is 1. The van der Waals surface area contributed by atoms with Gasteiger partial charge in [-0.1, -0.05) is 11.6 Å². The van der Waals surface area contributed by atoms with E-state index in [0.29, 0.717) is 28.4 Å². The molecule has 0 aliphatic carbocycles. The van der Waals surface area contributed by atoms with Crippen molar-refractivity contribution in [2.24, 2.45) is 0 Å². The van der Waals surface area contributed by atoms with Crippen molar-refractivity contribution >= 4 is 40.3 Å². The maximum Gasteiger partial charge on any atom is 0.257 e. The molecule has 0 saturated heterocycles. The van der Waals surface area contributed by atoms with Gasteiger partial charge in [-0.3, -0.25) is 4.79 Å². The van der Waals surface area contributed by atoms with E-state index in [2.05, 4.69) is 20.3 Å². The summed E-state index contributed by atoms with van der Waals surface area (Å²) in [5, 5.41) is 2.62. The molecule has 2 heterocycles. The van der Waals surface area contributed by atoms with Crippen LogP contribution in [0.3, 0.4) is 0 Å². The lowest BCUT2D eigenvalue weighted by Gasteiger charge is -2.07. The van der Waals surface area contributed by atoms with E-state index >= 15 is 0 Å². The molecule has 0 atom stereocenters. The Labute approximate surface area is 136 Å². The summed E-state index contributed by atoms with van der Waals surface area (Å²) >= 11 is 5.72. The van der Waals surface area contributed by atoms with Crippen LogP contribution in [-0.4, -0.2) is 35.0 Å². The molecule has 3 aromatic rings. The molecule has 0 aliphatic heterocycles. The van der Waals surface area contributed by atoms with Crippen LogP contribution in [0.1, 0.15) is 10.4 Å². The molecule has 3 rings (SSSR count). The third kappa shape index (κ3) is 2.95. The summed E-state index contributed by atoms with van der Waals surface area (Å²) in [5.41, 5.74) is 1.76. The van der Waals surface area contributed by atoms with Crippen molar-refractivity contribution in [3.8, 4) is 0 Å². The second-order valence-corrected chi connectivity index (χ2v) is 5.50. The van der Waals surface area contributed by atoms with Gasteiger partial charge in [0, 0.05) is 26.0 Å². The van der Waals surface area contributed by atoms with Gasteiger partial charge >= 0.3 is 0 Å². The third-order valence-electron chi connectivity index (χ3n) is 3.23. The van der Waals surface area contributed by atoms with E-state index in [1.807, 2.05) is 14.1 Å². The van der Waals surface area contributed by atoms with Gasteiger partial charge in [-0.15, -0.1) is 0 Å². The van der Waals surface area contributed by atoms with Gasteiger partial charge in [0.15, 0.2) is 5.65 Å². The average Bonchev–Trinajstić information content (AvgIpc) is 2.95. The normalized spacial score (nSPS) is 10.8. The molecule has 1 aromatic carbocycles. The maximum absolute atomic E-state index is 13.2. The van der Waals surface area contributed by atoms with Crippen LogP contribution in [0.2, 0.25) is 5.02 Å². The summed E-state index contributed by atoms with van der Waals surface area (Å²) in [4.78, 5) is 25.7. The van der Waals surface area contributed by atoms with Crippen LogP contribution in [0.15, 0.2) is 30.5 Å². The molecule has 0 fully saturated rings. The fraction of sp³-hybridized carbons (Fsp3) is 0.133. The van der Waals surface area contributed by atoms with Crippen LogP contribution < -0.4 is 10.2 Å². The molecular formula is C15H13ClFN5O. The Bertz CT molecular complexity index is 893. The highest BCUT2D eigenvalue weighted by atomic mass is 35.5. The monoisotopic (exact) mass is 333 g/mol. The second kappa shape index (κ2) is 5.85. The van der Waals surface area contributed by atoms with Crippen molar-refractivity contribution < 1.29 is 9.18 Å². The van der Waals surface area contributed by atoms with Crippen molar-refractivity contribution in [2.45, 2.75) is 0 Å². The predicted octanol–water partition coefficient (Wildman–Crippen LogP) is 3.07. The van der Waals surface area contributed by atoms with Crippen molar-refractivity contribution in [1.29, 1.82) is 0 Å². The van der Waals surface area contributed by atoms with Gasteiger partial charge in [0.05, 0.1) is 16.1 Å². The number of halogens is 2. The molecule has 6 nitrogen and oxygen atoms in total. The number of nitrogens with zero attached hydrogens (tertiary/aromatic N) is 3. The Morgan fingerprint density at radius 3 is 2.83 bits per heavy atom. The van der Waals surface area contributed by atoms with E-state index in [4.69, 9.17) is 11.6 Å². The number of benzene rings is 1. The molecule has 1 amide bonds. The zero-order valence-electron chi connectivity index (χ0n) is 12.4. The number of anilines is 2. The molecule has 0 unspecified atom stereocenters. The number of carbonyl (C=O) groups is 1. The smallest absolute Gasteiger partial charge is 0.257 e. The first-order valence-corrected chi connectivity index (χ1v) is 7.12. The van der Waals surface area contributed by atoms with Gasteiger partial charge in [0.25, 0.3) is 5.91 Å². The average molecular weight is 334 g/mol. The van der Waals surface area contributed by atoms with Gasteiger partial charge in [-0.05, 0) is 24.3 Å². The molecule has 0 saturated carbocycles. The fourth-order valence-electron chi connectivity index (χ4n) is 2.07. The number of hydrogen-bond donors (Lipinski definition) is 2. The largest absolute Gasteiger partial charge is 0.348 e. The molecular weight excluding hydrogens is 321 g/mol. The summed E-state index contributed by atoms with van der Waals surface area (Å²) in [7, 11) is 3.66. The quantitative estimate of drug-likeness (QED) is 0.772. The number of imidazole rings is 1. The lowest BCUT2D eigenvalue weighted by Crippen LogP contribution is -2.13. The number of rotatable bonds is 3. The first-order valence-electron chi connectivity index (χ1n) is 6.74. The summed E-state index contributed by atoms with van der Waals surface area (Å²) < 4.78 is 13.2. The summed E-state index contributed by atoms with van der Waals surface area (Å²) in [6, 6.07) is 5.57. The molecule has 2 aromatic heterocycles. The highest BCUT2D eigenvalue weighted by molar-refractivity contribution is 6.31. The lowest BCUT2D eigenvalue weighted by molar-refractivity contribution is 0.102. The minimum atomic E-state index is -0.542. The maximum atomic E-state index is 13.2. The Balaban J connectivity index is 1.95. The van der Waals surface area contributed by atoms with Gasteiger partial charge in [0.2, 0.25) is 5.95 Å². The number of nitrogens with one attached hydrogen (secondary N) is 2. The molecule has 0 bridgehead atoms. The number of carbonyl (C=O) groups excluding carboxylic acids is 1. The standard InChI is InChI=1S/C15H13ClFN5O/c1-22(2)15-20-12-9(5-6-18-13(12)21-15)14(23)19-8-3-4-11(17)10(16)7-8/h3-7H,1-2H3,(H,19,23)(H,18,20,21). The van der Waals surface area contributed by atoms with E-state index in [1.54, 1.807) is 11.0 Å². The molecule has 2 N–H and O–H groups in total. The van der Waals surface area contributed by atoms with Gasteiger partial charge in [0.1, 0.15) is 5.82 Å². The number of aromatic amines is 1. The fourth-order valence-corrected chi connectivity index (χ4v) is 2.25. The van der Waals surface area contributed by atoms with Crippen LogP contribution in [0, 0.1) is 5.82 Å². The molecule has 23 heavy (non-hydrogen) atoms. The summed E-state index contributed by atoms with van der Waals surface area (Å²) in [5.74, 6) is -0.313. The Hall–Kier alpha value is -2.67. The molecule has 118 valence electrons. The number of hydrogen-bond acceptors (Lipinski definition) is 4. The topological polar surface area (TPSA) is 73.9 Å². The van der Waals surface area contributed by atoms with Gasteiger partial charge in [-0.2, -0.15) is 4.98 Å². The Morgan fingerprint density at radius 1 is 1.35 bits per heavy atom.